The maximum absolute atomic E-state index is 3.56. The lowest BCUT2D eigenvalue weighted by Gasteiger charge is -2.21. The highest BCUT2D eigenvalue weighted by atomic mass is 32.2. The van der Waals surface area contributed by atoms with Gasteiger partial charge in [-0.15, -0.1) is 11.8 Å². The van der Waals surface area contributed by atoms with Gasteiger partial charge in [0.2, 0.25) is 0 Å². The van der Waals surface area contributed by atoms with Gasteiger partial charge >= 0.3 is 0 Å². The summed E-state index contributed by atoms with van der Waals surface area (Å²) in [5, 5.41) is 3.56. The van der Waals surface area contributed by atoms with Crippen molar-refractivity contribution in [3.63, 3.8) is 0 Å². The summed E-state index contributed by atoms with van der Waals surface area (Å²) in [6.45, 7) is 10.1. The Hall–Kier alpha value is -0.470. The van der Waals surface area contributed by atoms with Gasteiger partial charge in [0.15, 0.2) is 0 Å². The quantitative estimate of drug-likeness (QED) is 0.838. The monoisotopic (exact) mass is 235 g/mol. The lowest BCUT2D eigenvalue weighted by Crippen LogP contribution is -2.21. The normalized spacial score (nSPS) is 19.9. The van der Waals surface area contributed by atoms with Gasteiger partial charge in [-0.2, -0.15) is 0 Å². The van der Waals surface area contributed by atoms with E-state index in [4.69, 9.17) is 0 Å². The van der Waals surface area contributed by atoms with Crippen LogP contribution in [-0.2, 0) is 5.41 Å². The van der Waals surface area contributed by atoms with Crippen molar-refractivity contribution in [2.45, 2.75) is 44.0 Å². The van der Waals surface area contributed by atoms with Gasteiger partial charge in [-0.3, -0.25) is 0 Å². The molecule has 0 amide bonds. The number of fused-ring (bicyclic) bond motifs is 1. The van der Waals surface area contributed by atoms with Gasteiger partial charge in [0.1, 0.15) is 0 Å². The summed E-state index contributed by atoms with van der Waals surface area (Å²) in [6, 6.07) is 7.51. The summed E-state index contributed by atoms with van der Waals surface area (Å²) in [5.41, 5.74) is 3.19. The van der Waals surface area contributed by atoms with Crippen molar-refractivity contribution in [1.29, 1.82) is 0 Å². The van der Waals surface area contributed by atoms with E-state index in [0.29, 0.717) is 6.04 Å². The number of rotatable bonds is 2. The first-order valence-electron chi connectivity index (χ1n) is 6.03. The molecule has 1 aromatic rings. The van der Waals surface area contributed by atoms with Crippen LogP contribution in [0.15, 0.2) is 23.1 Å². The van der Waals surface area contributed by atoms with Crippen LogP contribution < -0.4 is 5.32 Å². The number of thioether (sulfide) groups is 1. The summed E-state index contributed by atoms with van der Waals surface area (Å²) < 4.78 is 0. The number of hydrogen-bond donors (Lipinski definition) is 1. The van der Waals surface area contributed by atoms with Crippen LogP contribution in [0.2, 0.25) is 0 Å². The van der Waals surface area contributed by atoms with E-state index in [1.807, 2.05) is 11.8 Å². The third kappa shape index (κ3) is 2.28. The Kier molecular flexibility index (Phi) is 3.32. The molecule has 1 unspecified atom stereocenters. The largest absolute Gasteiger partial charge is 0.309 e. The molecule has 0 spiro atoms. The topological polar surface area (TPSA) is 12.0 Å². The summed E-state index contributed by atoms with van der Waals surface area (Å²) in [4.78, 5) is 1.46. The molecule has 88 valence electrons. The van der Waals surface area contributed by atoms with Crippen molar-refractivity contribution in [1.82, 2.24) is 5.32 Å². The zero-order valence-electron chi connectivity index (χ0n) is 10.6. The fourth-order valence-corrected chi connectivity index (χ4v) is 3.27. The van der Waals surface area contributed by atoms with E-state index in [2.05, 4.69) is 51.2 Å². The Bertz CT molecular complexity index is 377. The lowest BCUT2D eigenvalue weighted by molar-refractivity contribution is 0.578. The van der Waals surface area contributed by atoms with Gasteiger partial charge in [0, 0.05) is 16.7 Å². The van der Waals surface area contributed by atoms with E-state index < -0.39 is 0 Å². The average Bonchev–Trinajstić information content (AvgIpc) is 2.60. The van der Waals surface area contributed by atoms with Crippen molar-refractivity contribution in [3.05, 3.63) is 29.3 Å². The third-order valence-electron chi connectivity index (χ3n) is 3.11. The van der Waals surface area contributed by atoms with Crippen molar-refractivity contribution in [3.8, 4) is 0 Å². The standard InChI is InChI=1S/C14H21NS/c1-5-15-12-9-16-13-7-6-10(8-11(12)13)14(2,3)4/h6-8,12,15H,5,9H2,1-4H3. The highest BCUT2D eigenvalue weighted by Crippen LogP contribution is 2.40. The van der Waals surface area contributed by atoms with E-state index in [1.165, 1.54) is 21.8 Å². The fourth-order valence-electron chi connectivity index (χ4n) is 2.10. The lowest BCUT2D eigenvalue weighted by atomic mass is 9.85. The second kappa shape index (κ2) is 4.42. The Morgan fingerprint density at radius 2 is 2.12 bits per heavy atom. The molecule has 1 nitrogen and oxygen atoms in total. The van der Waals surface area contributed by atoms with Crippen LogP contribution in [0.1, 0.15) is 44.9 Å². The van der Waals surface area contributed by atoms with Crippen LogP contribution >= 0.6 is 11.8 Å². The molecule has 2 heteroatoms. The van der Waals surface area contributed by atoms with Crippen LogP contribution in [0.4, 0.5) is 0 Å². The first-order valence-corrected chi connectivity index (χ1v) is 7.01. The molecule has 0 aromatic heterocycles. The zero-order valence-corrected chi connectivity index (χ0v) is 11.4. The molecule has 0 saturated heterocycles. The number of benzene rings is 1. The molecule has 1 aliphatic rings. The first kappa shape index (κ1) is 12.0. The Labute approximate surface area is 103 Å². The van der Waals surface area contributed by atoms with Crippen molar-refractivity contribution < 1.29 is 0 Å². The van der Waals surface area contributed by atoms with Crippen LogP contribution in [-0.4, -0.2) is 12.3 Å². The van der Waals surface area contributed by atoms with Crippen LogP contribution in [0.3, 0.4) is 0 Å². The third-order valence-corrected chi connectivity index (χ3v) is 4.29. The SMILES string of the molecule is CCNC1CSc2ccc(C(C)(C)C)cc21. The molecule has 1 aromatic carbocycles. The molecule has 1 atom stereocenters. The first-order chi connectivity index (χ1) is 7.52. The molecule has 0 bridgehead atoms. The summed E-state index contributed by atoms with van der Waals surface area (Å²) >= 11 is 1.97. The van der Waals surface area contributed by atoms with Crippen molar-refractivity contribution in [2.24, 2.45) is 0 Å². The fraction of sp³-hybridized carbons (Fsp3) is 0.571. The molecule has 0 radical (unpaired) electrons. The van der Waals surface area contributed by atoms with Gasteiger partial charge in [-0.25, -0.2) is 0 Å². The second-order valence-corrected chi connectivity index (χ2v) is 6.49. The summed E-state index contributed by atoms with van der Waals surface area (Å²) in [6.07, 6.45) is 0. The van der Waals surface area contributed by atoms with Gasteiger partial charge in [0.25, 0.3) is 0 Å². The number of nitrogens with one attached hydrogen (secondary N) is 1. The molecular weight excluding hydrogens is 214 g/mol. The minimum Gasteiger partial charge on any atom is -0.309 e. The smallest absolute Gasteiger partial charge is 0.0426 e. The molecular formula is C14H21NS. The molecule has 1 aliphatic heterocycles. The number of hydrogen-bond acceptors (Lipinski definition) is 2. The van der Waals surface area contributed by atoms with Gasteiger partial charge in [0.05, 0.1) is 0 Å². The van der Waals surface area contributed by atoms with Crippen molar-refractivity contribution >= 4 is 11.8 Å². The second-order valence-electron chi connectivity index (χ2n) is 5.42. The minimum absolute atomic E-state index is 0.249. The molecule has 0 aliphatic carbocycles. The zero-order chi connectivity index (χ0) is 11.8. The van der Waals surface area contributed by atoms with Crippen LogP contribution in [0, 0.1) is 0 Å². The molecule has 0 fully saturated rings. The average molecular weight is 235 g/mol. The summed E-state index contributed by atoms with van der Waals surface area (Å²) in [5.74, 6) is 1.18. The van der Waals surface area contributed by atoms with Gasteiger partial charge < -0.3 is 5.32 Å². The highest BCUT2D eigenvalue weighted by Gasteiger charge is 2.24. The predicted molar refractivity (Wildman–Crippen MR) is 72.3 cm³/mol. The Morgan fingerprint density at radius 1 is 1.38 bits per heavy atom. The molecule has 16 heavy (non-hydrogen) atoms. The predicted octanol–water partition coefficient (Wildman–Crippen LogP) is 3.74. The molecule has 2 rings (SSSR count). The van der Waals surface area contributed by atoms with E-state index >= 15 is 0 Å². The van der Waals surface area contributed by atoms with E-state index in [-0.39, 0.29) is 5.41 Å². The van der Waals surface area contributed by atoms with Crippen LogP contribution in [0.5, 0.6) is 0 Å². The molecule has 1 heterocycles. The van der Waals surface area contributed by atoms with Gasteiger partial charge in [-0.1, -0.05) is 39.8 Å². The molecule has 1 N–H and O–H groups in total. The minimum atomic E-state index is 0.249. The molecule has 0 saturated carbocycles. The van der Waals surface area contributed by atoms with E-state index in [1.54, 1.807) is 0 Å². The maximum Gasteiger partial charge on any atom is 0.0426 e. The van der Waals surface area contributed by atoms with Crippen LogP contribution in [0.25, 0.3) is 0 Å². The van der Waals surface area contributed by atoms with E-state index in [9.17, 15) is 0 Å². The van der Waals surface area contributed by atoms with Gasteiger partial charge in [-0.05, 0) is 29.2 Å². The Balaban J connectivity index is 2.34. The maximum atomic E-state index is 3.56. The highest BCUT2D eigenvalue weighted by molar-refractivity contribution is 7.99. The van der Waals surface area contributed by atoms with Crippen molar-refractivity contribution in [2.75, 3.05) is 12.3 Å². The Morgan fingerprint density at radius 3 is 2.75 bits per heavy atom. The van der Waals surface area contributed by atoms with E-state index in [0.717, 1.165) is 6.54 Å². The summed E-state index contributed by atoms with van der Waals surface area (Å²) in [7, 11) is 0.